The molecule has 0 saturated carbocycles. The molecule has 0 fully saturated rings. The molecule has 2 aromatic carbocycles. The van der Waals surface area contributed by atoms with Crippen LogP contribution in [0.25, 0.3) is 0 Å². The number of carbonyl (C=O) groups is 3. The fourth-order valence-corrected chi connectivity index (χ4v) is 2.47. The van der Waals surface area contributed by atoms with Gasteiger partial charge in [0.15, 0.2) is 5.78 Å². The van der Waals surface area contributed by atoms with E-state index in [2.05, 4.69) is 5.32 Å². The van der Waals surface area contributed by atoms with Gasteiger partial charge >= 0.3 is 5.97 Å². The van der Waals surface area contributed by atoms with Gasteiger partial charge in [0.05, 0.1) is 11.1 Å². The Morgan fingerprint density at radius 2 is 1.67 bits per heavy atom. The third-order valence-corrected chi connectivity index (χ3v) is 4.03. The molecule has 0 bridgehead atoms. The number of rotatable bonds is 5. The highest BCUT2D eigenvalue weighted by atomic mass is 35.5. The summed E-state index contributed by atoms with van der Waals surface area (Å²) >= 11 is 5.94. The average molecular weight is 388 g/mol. The second kappa shape index (κ2) is 8.35. The Morgan fingerprint density at radius 1 is 1.04 bits per heavy atom. The molecule has 0 spiro atoms. The van der Waals surface area contributed by atoms with E-state index < -0.39 is 23.4 Å². The smallest absolute Gasteiger partial charge is 0.312 e. The Kier molecular flexibility index (Phi) is 6.39. The highest BCUT2D eigenvalue weighted by Crippen LogP contribution is 2.27. The van der Waals surface area contributed by atoms with Crippen molar-refractivity contribution in [1.29, 1.82) is 0 Å². The fraction of sp³-hybridized carbons (Fsp3) is 0.286. The minimum atomic E-state index is -1.14. The van der Waals surface area contributed by atoms with Gasteiger partial charge in [0.2, 0.25) is 6.10 Å². The van der Waals surface area contributed by atoms with E-state index in [4.69, 9.17) is 16.3 Å². The van der Waals surface area contributed by atoms with E-state index in [0.717, 1.165) is 0 Å². The zero-order chi connectivity index (χ0) is 20.2. The van der Waals surface area contributed by atoms with E-state index in [1.165, 1.54) is 13.0 Å². The van der Waals surface area contributed by atoms with Crippen molar-refractivity contribution in [3.63, 3.8) is 0 Å². The van der Waals surface area contributed by atoms with Gasteiger partial charge in [-0.1, -0.05) is 41.9 Å². The number of Topliss-reactive ketones (excluding diaryl/α,β-unsaturated/α-hetero) is 1. The number of carbonyl (C=O) groups excluding carboxylic acids is 3. The number of anilines is 1. The largest absolute Gasteiger partial charge is 0.447 e. The van der Waals surface area contributed by atoms with Gasteiger partial charge in [0, 0.05) is 16.1 Å². The topological polar surface area (TPSA) is 72.5 Å². The van der Waals surface area contributed by atoms with Gasteiger partial charge in [-0.05, 0) is 45.9 Å². The second-order valence-corrected chi connectivity index (χ2v) is 7.62. The summed E-state index contributed by atoms with van der Waals surface area (Å²) in [6.45, 7) is 6.52. The van der Waals surface area contributed by atoms with Crippen LogP contribution < -0.4 is 5.32 Å². The first-order valence-corrected chi connectivity index (χ1v) is 8.85. The van der Waals surface area contributed by atoms with Crippen LogP contribution in [0.4, 0.5) is 5.69 Å². The van der Waals surface area contributed by atoms with Crippen molar-refractivity contribution in [3.05, 3.63) is 64.7 Å². The zero-order valence-corrected chi connectivity index (χ0v) is 16.5. The minimum absolute atomic E-state index is 0.240. The van der Waals surface area contributed by atoms with E-state index >= 15 is 0 Å². The van der Waals surface area contributed by atoms with Crippen molar-refractivity contribution in [2.75, 3.05) is 5.32 Å². The van der Waals surface area contributed by atoms with E-state index in [-0.39, 0.29) is 11.3 Å². The van der Waals surface area contributed by atoms with Gasteiger partial charge in [-0.25, -0.2) is 0 Å². The normalized spacial score (nSPS) is 12.2. The Bertz CT molecular complexity index is 856. The monoisotopic (exact) mass is 387 g/mol. The molecule has 6 heteroatoms. The predicted octanol–water partition coefficient (Wildman–Crippen LogP) is 4.81. The second-order valence-electron chi connectivity index (χ2n) is 7.18. The zero-order valence-electron chi connectivity index (χ0n) is 15.7. The number of hydrogen-bond donors (Lipinski definition) is 1. The molecule has 27 heavy (non-hydrogen) atoms. The van der Waals surface area contributed by atoms with E-state index in [0.29, 0.717) is 16.3 Å². The third-order valence-electron chi connectivity index (χ3n) is 3.80. The van der Waals surface area contributed by atoms with Crippen LogP contribution in [0.15, 0.2) is 48.5 Å². The number of nitrogens with one attached hydrogen (secondary N) is 1. The van der Waals surface area contributed by atoms with E-state index in [9.17, 15) is 14.4 Å². The Morgan fingerprint density at radius 3 is 2.22 bits per heavy atom. The molecule has 0 radical (unpaired) electrons. The summed E-state index contributed by atoms with van der Waals surface area (Å²) in [6, 6.07) is 13.3. The molecule has 0 heterocycles. The van der Waals surface area contributed by atoms with Gasteiger partial charge in [-0.2, -0.15) is 0 Å². The molecule has 0 saturated heterocycles. The van der Waals surface area contributed by atoms with E-state index in [1.54, 1.807) is 63.2 Å². The minimum Gasteiger partial charge on any atom is -0.447 e. The molecule has 2 rings (SSSR count). The molecule has 0 unspecified atom stereocenters. The molecule has 0 aliphatic rings. The Balaban J connectivity index is 2.35. The molecule has 0 aromatic heterocycles. The fourth-order valence-electron chi connectivity index (χ4n) is 2.30. The predicted molar refractivity (Wildman–Crippen MR) is 105 cm³/mol. The highest BCUT2D eigenvalue weighted by molar-refractivity contribution is 6.31. The molecule has 0 aliphatic carbocycles. The van der Waals surface area contributed by atoms with Crippen molar-refractivity contribution in [3.8, 4) is 0 Å². The molecule has 1 atom stereocenters. The van der Waals surface area contributed by atoms with Crippen LogP contribution >= 0.6 is 11.6 Å². The van der Waals surface area contributed by atoms with Crippen LogP contribution in [0.2, 0.25) is 5.02 Å². The maximum atomic E-state index is 12.9. The maximum Gasteiger partial charge on any atom is 0.312 e. The molecule has 1 amide bonds. The van der Waals surface area contributed by atoms with Crippen LogP contribution in [0.5, 0.6) is 0 Å². The van der Waals surface area contributed by atoms with Gasteiger partial charge in [0.25, 0.3) is 5.91 Å². The SMILES string of the molecule is CC(=O)c1cc(Cl)ccc1NC(=O)[C@H](OC(=O)C(C)(C)C)c1ccccc1. The summed E-state index contributed by atoms with van der Waals surface area (Å²) in [5.41, 5.74) is 0.360. The first-order chi connectivity index (χ1) is 12.6. The molecular weight excluding hydrogens is 366 g/mol. The lowest BCUT2D eigenvalue weighted by atomic mass is 9.97. The number of ether oxygens (including phenoxy) is 1. The van der Waals surface area contributed by atoms with Crippen LogP contribution in [0, 0.1) is 5.41 Å². The number of esters is 1. The van der Waals surface area contributed by atoms with Crippen molar-refractivity contribution < 1.29 is 19.1 Å². The number of amides is 1. The molecule has 2 aromatic rings. The Hall–Kier alpha value is -2.66. The first-order valence-electron chi connectivity index (χ1n) is 8.47. The molecule has 0 aliphatic heterocycles. The van der Waals surface area contributed by atoms with Crippen LogP contribution in [-0.4, -0.2) is 17.7 Å². The summed E-state index contributed by atoms with van der Waals surface area (Å²) in [6.07, 6.45) is -1.14. The van der Waals surface area contributed by atoms with Crippen molar-refractivity contribution in [2.24, 2.45) is 5.41 Å². The van der Waals surface area contributed by atoms with Crippen molar-refractivity contribution >= 4 is 34.9 Å². The first kappa shape index (κ1) is 20.6. The Labute approximate surface area is 163 Å². The number of ketones is 1. The van der Waals surface area contributed by atoms with Crippen LogP contribution in [-0.2, 0) is 14.3 Å². The lowest BCUT2D eigenvalue weighted by Gasteiger charge is -2.23. The summed E-state index contributed by atoms with van der Waals surface area (Å²) < 4.78 is 5.50. The quantitative estimate of drug-likeness (QED) is 0.590. The highest BCUT2D eigenvalue weighted by Gasteiger charge is 2.31. The summed E-state index contributed by atoms with van der Waals surface area (Å²) in [7, 11) is 0. The molecular formula is C21H22ClNO4. The van der Waals surface area contributed by atoms with Crippen LogP contribution in [0.1, 0.15) is 49.7 Å². The molecule has 1 N–H and O–H groups in total. The lowest BCUT2D eigenvalue weighted by Crippen LogP contribution is -2.31. The standard InChI is InChI=1S/C21H22ClNO4/c1-13(24)16-12-15(22)10-11-17(16)23-19(25)18(14-8-6-5-7-9-14)27-20(26)21(2,3)4/h5-12,18H,1-4H3,(H,23,25)/t18-/m1/s1. The van der Waals surface area contributed by atoms with Crippen molar-refractivity contribution in [1.82, 2.24) is 0 Å². The molecule has 142 valence electrons. The maximum absolute atomic E-state index is 12.9. The van der Waals surface area contributed by atoms with E-state index in [1.807, 2.05) is 0 Å². The van der Waals surface area contributed by atoms with Gasteiger partial charge in [0.1, 0.15) is 0 Å². The number of benzene rings is 2. The number of hydrogen-bond acceptors (Lipinski definition) is 4. The van der Waals surface area contributed by atoms with Gasteiger partial charge < -0.3 is 10.1 Å². The average Bonchev–Trinajstić information content (AvgIpc) is 2.60. The summed E-state index contributed by atoms with van der Waals surface area (Å²) in [5, 5.41) is 3.06. The summed E-state index contributed by atoms with van der Waals surface area (Å²) in [4.78, 5) is 37.1. The lowest BCUT2D eigenvalue weighted by molar-refractivity contribution is -0.162. The summed E-state index contributed by atoms with van der Waals surface area (Å²) in [5.74, 6) is -1.30. The van der Waals surface area contributed by atoms with Crippen LogP contribution in [0.3, 0.4) is 0 Å². The van der Waals surface area contributed by atoms with Gasteiger partial charge in [-0.15, -0.1) is 0 Å². The van der Waals surface area contributed by atoms with Gasteiger partial charge in [-0.3, -0.25) is 14.4 Å². The molecule has 5 nitrogen and oxygen atoms in total. The third kappa shape index (κ3) is 5.41. The van der Waals surface area contributed by atoms with Crippen molar-refractivity contribution in [2.45, 2.75) is 33.8 Å². The number of halogens is 1.